The summed E-state index contributed by atoms with van der Waals surface area (Å²) in [6.07, 6.45) is 1.12. The van der Waals surface area contributed by atoms with Crippen LogP contribution < -0.4 is 11.1 Å². The Morgan fingerprint density at radius 3 is 2.72 bits per heavy atom. The van der Waals surface area contributed by atoms with E-state index in [2.05, 4.69) is 5.32 Å². The van der Waals surface area contributed by atoms with Gasteiger partial charge in [-0.25, -0.2) is 0 Å². The summed E-state index contributed by atoms with van der Waals surface area (Å²) in [5.74, 6) is 0. The second kappa shape index (κ2) is 9.05. The number of methoxy groups -OCH3 is 1. The summed E-state index contributed by atoms with van der Waals surface area (Å²) in [5, 5.41) is 13.1. The van der Waals surface area contributed by atoms with Crippen LogP contribution in [0.2, 0.25) is 0 Å². The molecule has 0 saturated carbocycles. The van der Waals surface area contributed by atoms with Crippen LogP contribution in [0.25, 0.3) is 0 Å². The summed E-state index contributed by atoms with van der Waals surface area (Å²) in [5.41, 5.74) is 7.13. The zero-order chi connectivity index (χ0) is 13.2. The Hall–Kier alpha value is -0.940. The number of ether oxygens (including phenoxy) is 1. The van der Waals surface area contributed by atoms with Gasteiger partial charge in [0.05, 0.1) is 6.10 Å². The van der Waals surface area contributed by atoms with Crippen LogP contribution in [0.3, 0.4) is 0 Å². The highest BCUT2D eigenvalue weighted by Crippen LogP contribution is 2.04. The summed E-state index contributed by atoms with van der Waals surface area (Å²) in [7, 11) is 1.69. The molecule has 102 valence electrons. The standard InChI is InChI=1S/C14H24N2O2/c1-18-9-5-8-16-11-14(17)13(15)10-12-6-3-2-4-7-12/h2-4,6-7,13-14,16-17H,5,8-11,15H2,1H3/t13-,14+/m0/s1. The molecule has 0 fully saturated rings. The van der Waals surface area contributed by atoms with Gasteiger partial charge in [0.25, 0.3) is 0 Å². The van der Waals surface area contributed by atoms with E-state index < -0.39 is 6.10 Å². The fourth-order valence-electron chi connectivity index (χ4n) is 1.77. The van der Waals surface area contributed by atoms with Gasteiger partial charge in [-0.3, -0.25) is 0 Å². The van der Waals surface area contributed by atoms with Crippen molar-refractivity contribution in [1.82, 2.24) is 5.32 Å². The SMILES string of the molecule is COCCCNC[C@@H](O)[C@@H](N)Cc1ccccc1. The van der Waals surface area contributed by atoms with Gasteiger partial charge in [-0.15, -0.1) is 0 Å². The molecule has 0 saturated heterocycles. The van der Waals surface area contributed by atoms with E-state index in [1.165, 1.54) is 0 Å². The largest absolute Gasteiger partial charge is 0.390 e. The van der Waals surface area contributed by atoms with Crippen molar-refractivity contribution in [2.75, 3.05) is 26.8 Å². The topological polar surface area (TPSA) is 67.5 Å². The maximum atomic E-state index is 9.92. The minimum absolute atomic E-state index is 0.234. The lowest BCUT2D eigenvalue weighted by Gasteiger charge is -2.19. The lowest BCUT2D eigenvalue weighted by molar-refractivity contribution is 0.139. The van der Waals surface area contributed by atoms with Crippen molar-refractivity contribution in [1.29, 1.82) is 0 Å². The van der Waals surface area contributed by atoms with Crippen molar-refractivity contribution in [3.63, 3.8) is 0 Å². The van der Waals surface area contributed by atoms with Crippen molar-refractivity contribution in [2.24, 2.45) is 5.73 Å². The highest BCUT2D eigenvalue weighted by molar-refractivity contribution is 5.16. The molecule has 2 atom stereocenters. The predicted octanol–water partition coefficient (Wildman–Crippen LogP) is 0.543. The van der Waals surface area contributed by atoms with Crippen LogP contribution in [0.5, 0.6) is 0 Å². The first-order valence-corrected chi connectivity index (χ1v) is 6.41. The fourth-order valence-corrected chi connectivity index (χ4v) is 1.77. The summed E-state index contributed by atoms with van der Waals surface area (Å²) >= 11 is 0. The van der Waals surface area contributed by atoms with Crippen LogP contribution in [-0.2, 0) is 11.2 Å². The minimum atomic E-state index is -0.521. The van der Waals surface area contributed by atoms with E-state index in [4.69, 9.17) is 10.5 Å². The molecular formula is C14H24N2O2. The molecule has 0 aliphatic heterocycles. The van der Waals surface area contributed by atoms with E-state index in [9.17, 15) is 5.11 Å². The molecule has 4 N–H and O–H groups in total. The Labute approximate surface area is 109 Å². The van der Waals surface area contributed by atoms with Crippen LogP contribution in [0.4, 0.5) is 0 Å². The molecule has 0 unspecified atom stereocenters. The average molecular weight is 252 g/mol. The van der Waals surface area contributed by atoms with Gasteiger partial charge in [0.2, 0.25) is 0 Å². The highest BCUT2D eigenvalue weighted by Gasteiger charge is 2.14. The van der Waals surface area contributed by atoms with Crippen molar-refractivity contribution in [3.8, 4) is 0 Å². The Bertz CT molecular complexity index is 306. The quantitative estimate of drug-likeness (QED) is 0.561. The molecule has 4 heteroatoms. The molecule has 0 aliphatic rings. The van der Waals surface area contributed by atoms with Gasteiger partial charge in [-0.05, 0) is 24.9 Å². The Morgan fingerprint density at radius 2 is 2.06 bits per heavy atom. The molecule has 0 bridgehead atoms. The Kier molecular flexibility index (Phi) is 7.60. The third-order valence-corrected chi connectivity index (χ3v) is 2.86. The maximum Gasteiger partial charge on any atom is 0.0818 e. The number of nitrogens with two attached hydrogens (primary N) is 1. The Balaban J connectivity index is 2.18. The first-order valence-electron chi connectivity index (χ1n) is 6.41. The predicted molar refractivity (Wildman–Crippen MR) is 73.5 cm³/mol. The number of hydrogen-bond donors (Lipinski definition) is 3. The smallest absolute Gasteiger partial charge is 0.0818 e. The summed E-state index contributed by atoms with van der Waals surface area (Å²) in [6, 6.07) is 9.76. The molecule has 0 aromatic heterocycles. The zero-order valence-electron chi connectivity index (χ0n) is 11.0. The summed E-state index contributed by atoms with van der Waals surface area (Å²) in [4.78, 5) is 0. The van der Waals surface area contributed by atoms with Gasteiger partial charge < -0.3 is 20.9 Å². The molecule has 4 nitrogen and oxygen atoms in total. The van der Waals surface area contributed by atoms with E-state index in [-0.39, 0.29) is 6.04 Å². The van der Waals surface area contributed by atoms with Crippen molar-refractivity contribution in [2.45, 2.75) is 25.0 Å². The number of rotatable bonds is 9. The monoisotopic (exact) mass is 252 g/mol. The zero-order valence-corrected chi connectivity index (χ0v) is 11.0. The number of aliphatic hydroxyl groups is 1. The van der Waals surface area contributed by atoms with Gasteiger partial charge in [0.1, 0.15) is 0 Å². The van der Waals surface area contributed by atoms with E-state index in [1.807, 2.05) is 30.3 Å². The minimum Gasteiger partial charge on any atom is -0.390 e. The number of hydrogen-bond acceptors (Lipinski definition) is 4. The molecule has 0 heterocycles. The van der Waals surface area contributed by atoms with Gasteiger partial charge >= 0.3 is 0 Å². The van der Waals surface area contributed by atoms with Crippen molar-refractivity contribution >= 4 is 0 Å². The first-order chi connectivity index (χ1) is 8.74. The van der Waals surface area contributed by atoms with Gasteiger partial charge in [-0.2, -0.15) is 0 Å². The lowest BCUT2D eigenvalue weighted by Crippen LogP contribution is -2.43. The lowest BCUT2D eigenvalue weighted by atomic mass is 10.0. The normalized spacial score (nSPS) is 14.4. The number of benzene rings is 1. The third kappa shape index (κ3) is 6.12. The third-order valence-electron chi connectivity index (χ3n) is 2.86. The second-order valence-corrected chi connectivity index (χ2v) is 4.47. The molecule has 18 heavy (non-hydrogen) atoms. The second-order valence-electron chi connectivity index (χ2n) is 4.47. The van der Waals surface area contributed by atoms with Crippen LogP contribution >= 0.6 is 0 Å². The van der Waals surface area contributed by atoms with Gasteiger partial charge in [-0.1, -0.05) is 30.3 Å². The maximum absolute atomic E-state index is 9.92. The van der Waals surface area contributed by atoms with E-state index >= 15 is 0 Å². The number of aliphatic hydroxyl groups excluding tert-OH is 1. The van der Waals surface area contributed by atoms with E-state index in [0.29, 0.717) is 13.0 Å². The molecular weight excluding hydrogens is 228 g/mol. The highest BCUT2D eigenvalue weighted by atomic mass is 16.5. The molecule has 1 aromatic carbocycles. The average Bonchev–Trinajstić information content (AvgIpc) is 2.39. The van der Waals surface area contributed by atoms with E-state index in [0.717, 1.165) is 25.1 Å². The van der Waals surface area contributed by atoms with Crippen LogP contribution in [0.15, 0.2) is 30.3 Å². The Morgan fingerprint density at radius 1 is 1.33 bits per heavy atom. The van der Waals surface area contributed by atoms with Crippen LogP contribution in [-0.4, -0.2) is 44.1 Å². The summed E-state index contributed by atoms with van der Waals surface area (Å²) < 4.78 is 4.95. The van der Waals surface area contributed by atoms with Crippen molar-refractivity contribution in [3.05, 3.63) is 35.9 Å². The molecule has 0 aliphatic carbocycles. The molecule has 0 spiro atoms. The van der Waals surface area contributed by atoms with E-state index in [1.54, 1.807) is 7.11 Å². The summed E-state index contributed by atoms with van der Waals surface area (Å²) in [6.45, 7) is 2.10. The van der Waals surface area contributed by atoms with Crippen LogP contribution in [0.1, 0.15) is 12.0 Å². The molecule has 0 amide bonds. The molecule has 0 radical (unpaired) electrons. The van der Waals surface area contributed by atoms with Gasteiger partial charge in [0.15, 0.2) is 0 Å². The fraction of sp³-hybridized carbons (Fsp3) is 0.571. The van der Waals surface area contributed by atoms with Crippen molar-refractivity contribution < 1.29 is 9.84 Å². The van der Waals surface area contributed by atoms with Gasteiger partial charge in [0, 0.05) is 26.3 Å². The molecule has 1 aromatic rings. The molecule has 1 rings (SSSR count). The van der Waals surface area contributed by atoms with Crippen LogP contribution in [0, 0.1) is 0 Å². The number of nitrogens with one attached hydrogen (secondary N) is 1. The first kappa shape index (κ1) is 15.1.